The molecule has 1 N–H and O–H groups in total. The Kier molecular flexibility index (Phi) is 6.44. The number of para-hydroxylation sites is 2. The van der Waals surface area contributed by atoms with Gasteiger partial charge in [-0.3, -0.25) is 14.9 Å². The highest BCUT2D eigenvalue weighted by Gasteiger charge is 2.20. The fraction of sp³-hybridized carbons (Fsp3) is 0.167. The second-order valence-corrected chi connectivity index (χ2v) is 5.33. The van der Waals surface area contributed by atoms with E-state index in [1.807, 2.05) is 6.07 Å². The number of nitrogens with one attached hydrogen (secondary N) is 1. The second kappa shape index (κ2) is 8.96. The lowest BCUT2D eigenvalue weighted by atomic mass is 10.2. The smallest absolute Gasteiger partial charge is 0.344 e. The number of hydrogen-bond donors (Lipinski definition) is 1. The van der Waals surface area contributed by atoms with E-state index in [1.54, 1.807) is 18.2 Å². The summed E-state index contributed by atoms with van der Waals surface area (Å²) in [7, 11) is 0. The molecule has 138 valence electrons. The van der Waals surface area contributed by atoms with Crippen LogP contribution in [0.15, 0.2) is 48.5 Å². The molecule has 0 unspecified atom stereocenters. The first-order valence-corrected chi connectivity index (χ1v) is 7.77. The number of rotatable bonds is 7. The van der Waals surface area contributed by atoms with Gasteiger partial charge in [-0.05, 0) is 31.2 Å². The van der Waals surface area contributed by atoms with Gasteiger partial charge in [-0.15, -0.1) is 0 Å². The molecule has 9 heteroatoms. The molecule has 0 radical (unpaired) electrons. The molecule has 27 heavy (non-hydrogen) atoms. The maximum atomic E-state index is 12.1. The Hall–Kier alpha value is -3.93. The van der Waals surface area contributed by atoms with E-state index >= 15 is 0 Å². The van der Waals surface area contributed by atoms with Gasteiger partial charge in [-0.2, -0.15) is 5.26 Å². The van der Waals surface area contributed by atoms with Crippen molar-refractivity contribution in [3.8, 4) is 11.8 Å². The van der Waals surface area contributed by atoms with Crippen molar-refractivity contribution in [2.45, 2.75) is 13.0 Å². The van der Waals surface area contributed by atoms with Crippen LogP contribution in [0.25, 0.3) is 0 Å². The molecule has 0 aliphatic heterocycles. The normalized spacial score (nSPS) is 11.0. The number of nitrogens with zero attached hydrogens (tertiary/aromatic N) is 2. The summed E-state index contributed by atoms with van der Waals surface area (Å²) in [5, 5.41) is 22.3. The standard InChI is InChI=1S/C18H15N3O6/c1-12(18(23)20-14-6-4-5-13(9-14)10-19)27-17(22)11-26-16-8-3-2-7-15(16)21(24)25/h2-9,12H,11H2,1H3,(H,20,23)/t12-/m0/s1. The topological polar surface area (TPSA) is 132 Å². The van der Waals surface area contributed by atoms with E-state index in [-0.39, 0.29) is 11.4 Å². The monoisotopic (exact) mass is 369 g/mol. The van der Waals surface area contributed by atoms with Crippen molar-refractivity contribution >= 4 is 23.3 Å². The lowest BCUT2D eigenvalue weighted by Crippen LogP contribution is -2.31. The highest BCUT2D eigenvalue weighted by Crippen LogP contribution is 2.25. The molecule has 1 atom stereocenters. The summed E-state index contributed by atoms with van der Waals surface area (Å²) in [6, 6.07) is 13.8. The summed E-state index contributed by atoms with van der Waals surface area (Å²) in [6.45, 7) is 0.777. The third-order valence-electron chi connectivity index (χ3n) is 3.34. The van der Waals surface area contributed by atoms with Crippen molar-refractivity contribution in [3.05, 3.63) is 64.2 Å². The number of anilines is 1. The number of esters is 1. The summed E-state index contributed by atoms with van der Waals surface area (Å²) in [5.74, 6) is -1.53. The van der Waals surface area contributed by atoms with Crippen molar-refractivity contribution in [2.75, 3.05) is 11.9 Å². The summed E-state index contributed by atoms with van der Waals surface area (Å²) < 4.78 is 10.1. The molecule has 0 bridgehead atoms. The van der Waals surface area contributed by atoms with Crippen LogP contribution in [0.4, 0.5) is 11.4 Å². The first-order chi connectivity index (χ1) is 12.9. The van der Waals surface area contributed by atoms with Gasteiger partial charge < -0.3 is 14.8 Å². The van der Waals surface area contributed by atoms with Crippen LogP contribution in [0.3, 0.4) is 0 Å². The zero-order chi connectivity index (χ0) is 19.8. The summed E-state index contributed by atoms with van der Waals surface area (Å²) in [6.07, 6.45) is -1.13. The molecule has 0 aliphatic carbocycles. The molecule has 0 saturated carbocycles. The summed E-state index contributed by atoms with van der Waals surface area (Å²) >= 11 is 0. The Balaban J connectivity index is 1.89. The molecule has 9 nitrogen and oxygen atoms in total. The van der Waals surface area contributed by atoms with E-state index in [0.29, 0.717) is 11.3 Å². The lowest BCUT2D eigenvalue weighted by molar-refractivity contribution is -0.385. The first-order valence-electron chi connectivity index (χ1n) is 7.77. The van der Waals surface area contributed by atoms with Crippen molar-refractivity contribution in [1.29, 1.82) is 5.26 Å². The van der Waals surface area contributed by atoms with Gasteiger partial charge in [0.25, 0.3) is 5.91 Å². The predicted molar refractivity (Wildman–Crippen MR) is 93.9 cm³/mol. The largest absolute Gasteiger partial charge is 0.475 e. The zero-order valence-electron chi connectivity index (χ0n) is 14.2. The van der Waals surface area contributed by atoms with E-state index in [1.165, 1.54) is 37.3 Å². The van der Waals surface area contributed by atoms with Crippen LogP contribution in [-0.2, 0) is 14.3 Å². The highest BCUT2D eigenvalue weighted by molar-refractivity contribution is 5.95. The number of carbonyl (C=O) groups excluding carboxylic acids is 2. The SMILES string of the molecule is C[C@H](OC(=O)COc1ccccc1[N+](=O)[O-])C(=O)Nc1cccc(C#N)c1. The van der Waals surface area contributed by atoms with Crippen molar-refractivity contribution in [2.24, 2.45) is 0 Å². The Morgan fingerprint density at radius 1 is 1.26 bits per heavy atom. The van der Waals surface area contributed by atoms with Gasteiger partial charge in [-0.1, -0.05) is 18.2 Å². The zero-order valence-corrected chi connectivity index (χ0v) is 14.2. The minimum Gasteiger partial charge on any atom is -0.475 e. The molecule has 1 amide bonds. The van der Waals surface area contributed by atoms with Crippen LogP contribution < -0.4 is 10.1 Å². The third-order valence-corrected chi connectivity index (χ3v) is 3.34. The molecule has 0 aromatic heterocycles. The number of amides is 1. The Morgan fingerprint density at radius 3 is 2.70 bits per heavy atom. The average molecular weight is 369 g/mol. The summed E-state index contributed by atoms with van der Waals surface area (Å²) in [4.78, 5) is 34.1. The molecule has 2 aromatic carbocycles. The second-order valence-electron chi connectivity index (χ2n) is 5.33. The fourth-order valence-corrected chi connectivity index (χ4v) is 2.06. The Bertz CT molecular complexity index is 906. The fourth-order valence-electron chi connectivity index (χ4n) is 2.06. The van der Waals surface area contributed by atoms with Gasteiger partial charge in [-0.25, -0.2) is 4.79 Å². The molecular weight excluding hydrogens is 354 g/mol. The minimum absolute atomic E-state index is 0.0788. The molecule has 2 aromatic rings. The van der Waals surface area contributed by atoms with Gasteiger partial charge >= 0.3 is 11.7 Å². The van der Waals surface area contributed by atoms with Gasteiger partial charge in [0, 0.05) is 11.8 Å². The van der Waals surface area contributed by atoms with Crippen LogP contribution in [0, 0.1) is 21.4 Å². The maximum absolute atomic E-state index is 12.1. The van der Waals surface area contributed by atoms with Crippen LogP contribution in [0.2, 0.25) is 0 Å². The molecule has 0 saturated heterocycles. The minimum atomic E-state index is -1.13. The number of nitro benzene ring substituents is 1. The number of ether oxygens (including phenoxy) is 2. The number of nitriles is 1. The van der Waals surface area contributed by atoms with E-state index in [4.69, 9.17) is 14.7 Å². The number of nitro groups is 1. The average Bonchev–Trinajstić information content (AvgIpc) is 2.66. The van der Waals surface area contributed by atoms with Crippen molar-refractivity contribution < 1.29 is 24.0 Å². The van der Waals surface area contributed by atoms with Gasteiger partial charge in [0.05, 0.1) is 16.6 Å². The first kappa shape index (κ1) is 19.4. The van der Waals surface area contributed by atoms with Gasteiger partial charge in [0.1, 0.15) is 0 Å². The van der Waals surface area contributed by atoms with E-state index < -0.39 is 29.5 Å². The number of hydrogen-bond acceptors (Lipinski definition) is 7. The van der Waals surface area contributed by atoms with Crippen LogP contribution in [-0.4, -0.2) is 29.5 Å². The Morgan fingerprint density at radius 2 is 2.00 bits per heavy atom. The predicted octanol–water partition coefficient (Wildman–Crippen LogP) is 2.42. The highest BCUT2D eigenvalue weighted by atomic mass is 16.6. The van der Waals surface area contributed by atoms with Crippen molar-refractivity contribution in [1.82, 2.24) is 0 Å². The molecular formula is C18H15N3O6. The Labute approximate surface area is 154 Å². The van der Waals surface area contributed by atoms with E-state index in [0.717, 1.165) is 0 Å². The molecule has 2 rings (SSSR count). The van der Waals surface area contributed by atoms with Crippen LogP contribution in [0.5, 0.6) is 5.75 Å². The quantitative estimate of drug-likeness (QED) is 0.450. The number of carbonyl (C=O) groups is 2. The van der Waals surface area contributed by atoms with Crippen LogP contribution in [0.1, 0.15) is 12.5 Å². The number of benzene rings is 2. The lowest BCUT2D eigenvalue weighted by Gasteiger charge is -2.14. The molecule has 0 aliphatic rings. The van der Waals surface area contributed by atoms with E-state index in [9.17, 15) is 19.7 Å². The third kappa shape index (κ3) is 5.54. The van der Waals surface area contributed by atoms with Gasteiger partial charge in [0.2, 0.25) is 0 Å². The van der Waals surface area contributed by atoms with Crippen LogP contribution >= 0.6 is 0 Å². The molecule has 0 fully saturated rings. The van der Waals surface area contributed by atoms with Gasteiger partial charge in [0.15, 0.2) is 18.5 Å². The summed E-state index contributed by atoms with van der Waals surface area (Å²) in [5.41, 5.74) is 0.474. The molecule has 0 heterocycles. The maximum Gasteiger partial charge on any atom is 0.344 e. The molecule has 0 spiro atoms. The van der Waals surface area contributed by atoms with E-state index in [2.05, 4.69) is 5.32 Å². The van der Waals surface area contributed by atoms with Crippen molar-refractivity contribution in [3.63, 3.8) is 0 Å².